The molecule has 1 aromatic heterocycles. The average molecular weight is 244 g/mol. The lowest BCUT2D eigenvalue weighted by Gasteiger charge is -2.27. The Bertz CT molecular complexity index is 398. The van der Waals surface area contributed by atoms with Gasteiger partial charge >= 0.3 is 0 Å². The van der Waals surface area contributed by atoms with Gasteiger partial charge < -0.3 is 5.32 Å². The van der Waals surface area contributed by atoms with Gasteiger partial charge in [0.2, 0.25) is 0 Å². The summed E-state index contributed by atoms with van der Waals surface area (Å²) in [5.74, 6) is 0. The van der Waals surface area contributed by atoms with E-state index in [4.69, 9.17) is 5.26 Å². The molecule has 0 aromatic carbocycles. The van der Waals surface area contributed by atoms with E-state index in [1.807, 2.05) is 24.4 Å². The minimum absolute atomic E-state index is 0.293. The van der Waals surface area contributed by atoms with Gasteiger partial charge in [0.25, 0.3) is 0 Å². The van der Waals surface area contributed by atoms with Gasteiger partial charge in [-0.1, -0.05) is 6.07 Å². The number of nitrogens with one attached hydrogen (secondary N) is 1. The van der Waals surface area contributed by atoms with Crippen molar-refractivity contribution in [1.29, 1.82) is 5.26 Å². The largest absolute Gasteiger partial charge is 0.313 e. The van der Waals surface area contributed by atoms with Crippen LogP contribution in [0.5, 0.6) is 0 Å². The van der Waals surface area contributed by atoms with Crippen LogP contribution in [-0.2, 0) is 6.54 Å². The van der Waals surface area contributed by atoms with Crippen LogP contribution in [-0.4, -0.2) is 35.1 Å². The number of nitrogens with zero attached hydrogens (tertiary/aromatic N) is 3. The van der Waals surface area contributed by atoms with E-state index in [1.165, 1.54) is 0 Å². The standard InChI is InChI=1S/C14H20N4/c1-12-6-9-18(14(5-7-15)10-17-12)11-13-4-2-3-8-16-13/h2-4,8,12,14,17H,5-6,9-11H2,1H3. The van der Waals surface area contributed by atoms with Crippen LogP contribution in [0, 0.1) is 11.3 Å². The fourth-order valence-electron chi connectivity index (χ4n) is 2.32. The van der Waals surface area contributed by atoms with Crippen molar-refractivity contribution in [1.82, 2.24) is 15.2 Å². The average Bonchev–Trinajstić information content (AvgIpc) is 2.56. The van der Waals surface area contributed by atoms with E-state index in [-0.39, 0.29) is 0 Å². The van der Waals surface area contributed by atoms with Gasteiger partial charge in [-0.15, -0.1) is 0 Å². The molecule has 1 aromatic rings. The SMILES string of the molecule is CC1CCN(Cc2ccccn2)C(CC#N)CN1. The lowest BCUT2D eigenvalue weighted by atomic mass is 10.1. The first-order chi connectivity index (χ1) is 8.79. The summed E-state index contributed by atoms with van der Waals surface area (Å²) in [5.41, 5.74) is 1.08. The third-order valence-corrected chi connectivity index (χ3v) is 3.49. The summed E-state index contributed by atoms with van der Waals surface area (Å²) in [6.45, 7) is 4.95. The molecule has 18 heavy (non-hydrogen) atoms. The lowest BCUT2D eigenvalue weighted by molar-refractivity contribution is 0.200. The molecule has 1 fully saturated rings. The predicted molar refractivity (Wildman–Crippen MR) is 70.7 cm³/mol. The Morgan fingerprint density at radius 2 is 2.44 bits per heavy atom. The van der Waals surface area contributed by atoms with Crippen molar-refractivity contribution in [3.8, 4) is 6.07 Å². The zero-order valence-corrected chi connectivity index (χ0v) is 10.8. The van der Waals surface area contributed by atoms with Crippen LogP contribution in [0.3, 0.4) is 0 Å². The molecular weight excluding hydrogens is 224 g/mol. The van der Waals surface area contributed by atoms with Crippen LogP contribution in [0.4, 0.5) is 0 Å². The monoisotopic (exact) mass is 244 g/mol. The molecule has 2 unspecified atom stereocenters. The Kier molecular flexibility index (Phi) is 4.68. The molecule has 4 nitrogen and oxygen atoms in total. The molecule has 0 aliphatic carbocycles. The van der Waals surface area contributed by atoms with Crippen molar-refractivity contribution >= 4 is 0 Å². The number of nitriles is 1. The van der Waals surface area contributed by atoms with Crippen molar-refractivity contribution in [3.05, 3.63) is 30.1 Å². The van der Waals surface area contributed by atoms with Crippen LogP contribution in [0.15, 0.2) is 24.4 Å². The first-order valence-corrected chi connectivity index (χ1v) is 6.54. The van der Waals surface area contributed by atoms with Crippen LogP contribution >= 0.6 is 0 Å². The lowest BCUT2D eigenvalue weighted by Crippen LogP contribution is -2.39. The predicted octanol–water partition coefficient (Wildman–Crippen LogP) is 1.55. The highest BCUT2D eigenvalue weighted by Crippen LogP contribution is 2.13. The summed E-state index contributed by atoms with van der Waals surface area (Å²) in [5, 5.41) is 12.4. The zero-order chi connectivity index (χ0) is 12.8. The number of aromatic nitrogens is 1. The molecule has 96 valence electrons. The molecule has 0 saturated carbocycles. The number of pyridine rings is 1. The topological polar surface area (TPSA) is 52.0 Å². The van der Waals surface area contributed by atoms with Gasteiger partial charge in [0, 0.05) is 37.9 Å². The Balaban J connectivity index is 2.04. The smallest absolute Gasteiger partial charge is 0.0638 e. The molecule has 1 N–H and O–H groups in total. The third kappa shape index (κ3) is 3.52. The van der Waals surface area contributed by atoms with Gasteiger partial charge in [-0.2, -0.15) is 5.26 Å². The highest BCUT2D eigenvalue weighted by Gasteiger charge is 2.23. The van der Waals surface area contributed by atoms with Gasteiger partial charge in [-0.3, -0.25) is 9.88 Å². The molecule has 1 aliphatic rings. The number of rotatable bonds is 3. The van der Waals surface area contributed by atoms with Crippen molar-refractivity contribution in [2.45, 2.75) is 38.4 Å². The van der Waals surface area contributed by atoms with Gasteiger partial charge in [0.1, 0.15) is 0 Å². The first kappa shape index (κ1) is 13.0. The number of hydrogen-bond donors (Lipinski definition) is 1. The van der Waals surface area contributed by atoms with E-state index in [2.05, 4.69) is 28.2 Å². The first-order valence-electron chi connectivity index (χ1n) is 6.54. The molecule has 0 amide bonds. The Morgan fingerprint density at radius 3 is 3.17 bits per heavy atom. The second-order valence-corrected chi connectivity index (χ2v) is 4.91. The van der Waals surface area contributed by atoms with Gasteiger partial charge in [-0.05, 0) is 25.5 Å². The molecule has 2 heterocycles. The third-order valence-electron chi connectivity index (χ3n) is 3.49. The molecule has 0 spiro atoms. The molecule has 4 heteroatoms. The van der Waals surface area contributed by atoms with E-state index in [0.29, 0.717) is 18.5 Å². The summed E-state index contributed by atoms with van der Waals surface area (Å²) in [6.07, 6.45) is 3.52. The van der Waals surface area contributed by atoms with Crippen molar-refractivity contribution in [2.75, 3.05) is 13.1 Å². The van der Waals surface area contributed by atoms with Crippen molar-refractivity contribution in [2.24, 2.45) is 0 Å². The molecular formula is C14H20N4. The van der Waals surface area contributed by atoms with Gasteiger partial charge in [0.15, 0.2) is 0 Å². The van der Waals surface area contributed by atoms with E-state index in [9.17, 15) is 0 Å². The Labute approximate surface area is 109 Å². The quantitative estimate of drug-likeness (QED) is 0.876. The van der Waals surface area contributed by atoms with E-state index in [0.717, 1.165) is 31.7 Å². The van der Waals surface area contributed by atoms with E-state index >= 15 is 0 Å². The maximum atomic E-state index is 8.94. The second kappa shape index (κ2) is 6.48. The van der Waals surface area contributed by atoms with Crippen LogP contribution in [0.2, 0.25) is 0 Å². The van der Waals surface area contributed by atoms with E-state index in [1.54, 1.807) is 0 Å². The molecule has 1 saturated heterocycles. The van der Waals surface area contributed by atoms with Crippen LogP contribution in [0.25, 0.3) is 0 Å². The summed E-state index contributed by atoms with van der Waals surface area (Å²) in [4.78, 5) is 6.75. The molecule has 0 bridgehead atoms. The minimum Gasteiger partial charge on any atom is -0.313 e. The van der Waals surface area contributed by atoms with Crippen LogP contribution in [0.1, 0.15) is 25.5 Å². The summed E-state index contributed by atoms with van der Waals surface area (Å²) < 4.78 is 0. The minimum atomic E-state index is 0.293. The van der Waals surface area contributed by atoms with Crippen LogP contribution < -0.4 is 5.32 Å². The fourth-order valence-corrected chi connectivity index (χ4v) is 2.32. The normalized spacial score (nSPS) is 25.3. The number of hydrogen-bond acceptors (Lipinski definition) is 4. The molecule has 2 atom stereocenters. The molecule has 2 rings (SSSR count). The second-order valence-electron chi connectivity index (χ2n) is 4.91. The summed E-state index contributed by atoms with van der Waals surface area (Å²) >= 11 is 0. The van der Waals surface area contributed by atoms with Crippen molar-refractivity contribution in [3.63, 3.8) is 0 Å². The Morgan fingerprint density at radius 1 is 1.56 bits per heavy atom. The summed E-state index contributed by atoms with van der Waals surface area (Å²) in [7, 11) is 0. The highest BCUT2D eigenvalue weighted by atomic mass is 15.2. The fraction of sp³-hybridized carbons (Fsp3) is 0.571. The molecule has 0 radical (unpaired) electrons. The molecule has 1 aliphatic heterocycles. The maximum absolute atomic E-state index is 8.94. The zero-order valence-electron chi connectivity index (χ0n) is 10.8. The Hall–Kier alpha value is -1.44. The van der Waals surface area contributed by atoms with Gasteiger partial charge in [-0.25, -0.2) is 0 Å². The summed E-state index contributed by atoms with van der Waals surface area (Å²) in [6, 6.07) is 9.11. The maximum Gasteiger partial charge on any atom is 0.0638 e. The highest BCUT2D eigenvalue weighted by molar-refractivity contribution is 5.04. The van der Waals surface area contributed by atoms with Gasteiger partial charge in [0.05, 0.1) is 18.2 Å². The van der Waals surface area contributed by atoms with E-state index < -0.39 is 0 Å². The van der Waals surface area contributed by atoms with Crippen molar-refractivity contribution < 1.29 is 0 Å².